The van der Waals surface area contributed by atoms with Gasteiger partial charge >= 0.3 is 0 Å². The largest absolute Gasteiger partial charge is 0.345 e. The Morgan fingerprint density at radius 3 is 2.91 bits per heavy atom. The smallest absolute Gasteiger partial charge is 0.0931 e. The Balaban J connectivity index is 1.38. The van der Waals surface area contributed by atoms with E-state index < -0.39 is 0 Å². The SMILES string of the molecule is c1ccc(CC2CCN(Cc3ccc4nc[nH]c4c3)C2)cc1. The van der Waals surface area contributed by atoms with E-state index in [2.05, 4.69) is 63.4 Å². The van der Waals surface area contributed by atoms with E-state index in [1.54, 1.807) is 6.33 Å². The summed E-state index contributed by atoms with van der Waals surface area (Å²) in [6, 6.07) is 17.4. The number of nitrogens with one attached hydrogen (secondary N) is 1. The minimum Gasteiger partial charge on any atom is -0.345 e. The predicted octanol–water partition coefficient (Wildman–Crippen LogP) is 3.63. The highest BCUT2D eigenvalue weighted by molar-refractivity contribution is 5.74. The van der Waals surface area contributed by atoms with Crippen LogP contribution >= 0.6 is 0 Å². The molecule has 1 atom stereocenters. The van der Waals surface area contributed by atoms with Gasteiger partial charge in [0.15, 0.2) is 0 Å². The van der Waals surface area contributed by atoms with Gasteiger partial charge in [-0.25, -0.2) is 4.98 Å². The van der Waals surface area contributed by atoms with Gasteiger partial charge in [-0.05, 0) is 48.6 Å². The number of aromatic amines is 1. The van der Waals surface area contributed by atoms with Crippen LogP contribution in [0.1, 0.15) is 17.5 Å². The van der Waals surface area contributed by atoms with Crippen molar-refractivity contribution in [2.24, 2.45) is 5.92 Å². The van der Waals surface area contributed by atoms with Crippen molar-refractivity contribution in [1.82, 2.24) is 14.9 Å². The molecule has 0 saturated carbocycles. The van der Waals surface area contributed by atoms with E-state index in [1.807, 2.05) is 0 Å². The lowest BCUT2D eigenvalue weighted by Gasteiger charge is -2.16. The van der Waals surface area contributed by atoms with Crippen LogP contribution in [0.4, 0.5) is 0 Å². The van der Waals surface area contributed by atoms with Gasteiger partial charge in [-0.2, -0.15) is 0 Å². The van der Waals surface area contributed by atoms with E-state index in [-0.39, 0.29) is 0 Å². The molecule has 1 fully saturated rings. The summed E-state index contributed by atoms with van der Waals surface area (Å²) in [5.41, 5.74) is 5.02. The van der Waals surface area contributed by atoms with Crippen molar-refractivity contribution in [1.29, 1.82) is 0 Å². The van der Waals surface area contributed by atoms with Gasteiger partial charge in [0.25, 0.3) is 0 Å². The average molecular weight is 291 g/mol. The molecular formula is C19H21N3. The van der Waals surface area contributed by atoms with Gasteiger partial charge in [0.05, 0.1) is 17.4 Å². The second-order valence-corrected chi connectivity index (χ2v) is 6.33. The Morgan fingerprint density at radius 2 is 2.00 bits per heavy atom. The molecule has 1 saturated heterocycles. The zero-order valence-electron chi connectivity index (χ0n) is 12.7. The van der Waals surface area contributed by atoms with Crippen molar-refractivity contribution >= 4 is 11.0 Å². The fourth-order valence-corrected chi connectivity index (χ4v) is 3.51. The molecule has 1 unspecified atom stereocenters. The van der Waals surface area contributed by atoms with Gasteiger partial charge in [-0.3, -0.25) is 4.90 Å². The van der Waals surface area contributed by atoms with Gasteiger partial charge in [0, 0.05) is 13.1 Å². The Morgan fingerprint density at radius 1 is 1.09 bits per heavy atom. The molecular weight excluding hydrogens is 270 g/mol. The van der Waals surface area contributed by atoms with Crippen LogP contribution in [0.15, 0.2) is 54.9 Å². The van der Waals surface area contributed by atoms with E-state index >= 15 is 0 Å². The summed E-state index contributed by atoms with van der Waals surface area (Å²) in [7, 11) is 0. The number of imidazole rings is 1. The molecule has 1 N–H and O–H groups in total. The molecule has 112 valence electrons. The maximum atomic E-state index is 4.28. The predicted molar refractivity (Wildman–Crippen MR) is 89.6 cm³/mol. The number of hydrogen-bond acceptors (Lipinski definition) is 2. The molecule has 3 heteroatoms. The number of nitrogens with zero attached hydrogens (tertiary/aromatic N) is 2. The van der Waals surface area contributed by atoms with Crippen LogP contribution in [-0.4, -0.2) is 28.0 Å². The van der Waals surface area contributed by atoms with Crippen LogP contribution in [-0.2, 0) is 13.0 Å². The van der Waals surface area contributed by atoms with E-state index in [0.29, 0.717) is 0 Å². The summed E-state index contributed by atoms with van der Waals surface area (Å²) in [5, 5.41) is 0. The fourth-order valence-electron chi connectivity index (χ4n) is 3.51. The highest BCUT2D eigenvalue weighted by Crippen LogP contribution is 2.23. The molecule has 2 heterocycles. The Labute approximate surface area is 131 Å². The summed E-state index contributed by atoms with van der Waals surface area (Å²) < 4.78 is 0. The molecule has 3 nitrogen and oxygen atoms in total. The van der Waals surface area contributed by atoms with E-state index in [9.17, 15) is 0 Å². The minimum atomic E-state index is 0.790. The normalized spacial score (nSPS) is 19.0. The average Bonchev–Trinajstić information content (AvgIpc) is 3.17. The maximum Gasteiger partial charge on any atom is 0.0931 e. The topological polar surface area (TPSA) is 31.9 Å². The molecule has 1 aliphatic heterocycles. The number of fused-ring (bicyclic) bond motifs is 1. The highest BCUT2D eigenvalue weighted by atomic mass is 15.1. The lowest BCUT2D eigenvalue weighted by molar-refractivity contribution is 0.316. The molecule has 0 bridgehead atoms. The van der Waals surface area contributed by atoms with Crippen molar-refractivity contribution in [2.75, 3.05) is 13.1 Å². The van der Waals surface area contributed by atoms with E-state index in [0.717, 1.165) is 23.5 Å². The van der Waals surface area contributed by atoms with Gasteiger partial charge in [-0.15, -0.1) is 0 Å². The quantitative estimate of drug-likeness (QED) is 0.796. The van der Waals surface area contributed by atoms with Crippen molar-refractivity contribution in [3.63, 3.8) is 0 Å². The van der Waals surface area contributed by atoms with Crippen LogP contribution < -0.4 is 0 Å². The second-order valence-electron chi connectivity index (χ2n) is 6.33. The number of rotatable bonds is 4. The molecule has 0 amide bonds. The number of hydrogen-bond donors (Lipinski definition) is 1. The molecule has 1 aromatic heterocycles. The van der Waals surface area contributed by atoms with Crippen LogP contribution in [0.25, 0.3) is 11.0 Å². The lowest BCUT2D eigenvalue weighted by atomic mass is 9.99. The molecule has 22 heavy (non-hydrogen) atoms. The first kappa shape index (κ1) is 13.5. The zero-order chi connectivity index (χ0) is 14.8. The Bertz CT molecular complexity index is 747. The minimum absolute atomic E-state index is 0.790. The highest BCUT2D eigenvalue weighted by Gasteiger charge is 2.22. The molecule has 0 radical (unpaired) electrons. The lowest BCUT2D eigenvalue weighted by Crippen LogP contribution is -2.20. The Kier molecular flexibility index (Phi) is 3.65. The summed E-state index contributed by atoms with van der Waals surface area (Å²) in [4.78, 5) is 10.1. The third-order valence-corrected chi connectivity index (χ3v) is 4.63. The number of aromatic nitrogens is 2. The molecule has 1 aliphatic rings. The standard InChI is InChI=1S/C19H21N3/c1-2-4-15(5-3-1)10-17-8-9-22(13-17)12-16-6-7-18-19(11-16)21-14-20-18/h1-7,11,14,17H,8-10,12-13H2,(H,20,21). The molecule has 3 aromatic rings. The fraction of sp³-hybridized carbons (Fsp3) is 0.316. The van der Waals surface area contributed by atoms with Crippen LogP contribution in [0.2, 0.25) is 0 Å². The van der Waals surface area contributed by atoms with Gasteiger partial charge < -0.3 is 4.98 Å². The van der Waals surface area contributed by atoms with E-state index in [4.69, 9.17) is 0 Å². The Hall–Kier alpha value is -2.13. The summed E-state index contributed by atoms with van der Waals surface area (Å²) >= 11 is 0. The first-order chi connectivity index (χ1) is 10.9. The number of likely N-dealkylation sites (tertiary alicyclic amines) is 1. The third kappa shape index (κ3) is 2.90. The summed E-state index contributed by atoms with van der Waals surface area (Å²) in [6.07, 6.45) is 4.28. The second kappa shape index (κ2) is 5.93. The van der Waals surface area contributed by atoms with Crippen molar-refractivity contribution < 1.29 is 0 Å². The number of benzene rings is 2. The molecule has 4 rings (SSSR count). The van der Waals surface area contributed by atoms with Gasteiger partial charge in [-0.1, -0.05) is 36.4 Å². The molecule has 0 aliphatic carbocycles. The first-order valence-corrected chi connectivity index (χ1v) is 8.05. The van der Waals surface area contributed by atoms with Gasteiger partial charge in [0.2, 0.25) is 0 Å². The molecule has 0 spiro atoms. The van der Waals surface area contributed by atoms with Crippen molar-refractivity contribution in [3.8, 4) is 0 Å². The third-order valence-electron chi connectivity index (χ3n) is 4.63. The zero-order valence-corrected chi connectivity index (χ0v) is 12.7. The van der Waals surface area contributed by atoms with Crippen LogP contribution in [0, 0.1) is 5.92 Å². The first-order valence-electron chi connectivity index (χ1n) is 8.05. The van der Waals surface area contributed by atoms with Gasteiger partial charge in [0.1, 0.15) is 0 Å². The van der Waals surface area contributed by atoms with Crippen molar-refractivity contribution in [3.05, 3.63) is 66.0 Å². The summed E-state index contributed by atoms with van der Waals surface area (Å²) in [5.74, 6) is 0.790. The monoisotopic (exact) mass is 291 g/mol. The van der Waals surface area contributed by atoms with Crippen molar-refractivity contribution in [2.45, 2.75) is 19.4 Å². The summed E-state index contributed by atoms with van der Waals surface area (Å²) in [6.45, 7) is 3.45. The maximum absolute atomic E-state index is 4.28. The van der Waals surface area contributed by atoms with Crippen LogP contribution in [0.3, 0.4) is 0 Å². The number of H-pyrrole nitrogens is 1. The van der Waals surface area contributed by atoms with E-state index in [1.165, 1.54) is 37.1 Å². The molecule has 2 aromatic carbocycles. The van der Waals surface area contributed by atoms with Crippen LogP contribution in [0.5, 0.6) is 0 Å².